The fourth-order valence-electron chi connectivity index (χ4n) is 1.48. The van der Waals surface area contributed by atoms with Crippen molar-refractivity contribution in [3.05, 3.63) is 29.3 Å². The summed E-state index contributed by atoms with van der Waals surface area (Å²) in [5.41, 5.74) is 2.07. The highest BCUT2D eigenvalue weighted by atomic mass is 16.5. The summed E-state index contributed by atoms with van der Waals surface area (Å²) in [5, 5.41) is 2.77. The van der Waals surface area contributed by atoms with Crippen LogP contribution in [0.5, 0.6) is 5.75 Å². The minimum absolute atomic E-state index is 0.0291. The van der Waals surface area contributed by atoms with Crippen molar-refractivity contribution in [1.29, 1.82) is 0 Å². The molecule has 0 aliphatic carbocycles. The van der Waals surface area contributed by atoms with E-state index in [9.17, 15) is 4.79 Å². The van der Waals surface area contributed by atoms with Crippen molar-refractivity contribution in [2.75, 3.05) is 13.7 Å². The van der Waals surface area contributed by atoms with Crippen LogP contribution in [0.25, 0.3) is 0 Å². The summed E-state index contributed by atoms with van der Waals surface area (Å²) in [7, 11) is 1.62. The number of benzene rings is 1. The van der Waals surface area contributed by atoms with Gasteiger partial charge in [-0.05, 0) is 19.9 Å². The second kappa shape index (κ2) is 5.39. The second-order valence-electron chi connectivity index (χ2n) is 3.45. The number of hydrogen-bond donors (Lipinski definition) is 1. The Kier molecular flexibility index (Phi) is 4.16. The Morgan fingerprint density at radius 2 is 2.20 bits per heavy atom. The molecule has 3 nitrogen and oxygen atoms in total. The second-order valence-corrected chi connectivity index (χ2v) is 3.45. The first-order valence-electron chi connectivity index (χ1n) is 5.07. The molecule has 0 saturated carbocycles. The highest BCUT2D eigenvalue weighted by Gasteiger charge is 2.07. The van der Waals surface area contributed by atoms with E-state index in [1.54, 1.807) is 7.11 Å². The Bertz CT molecular complexity index is 347. The van der Waals surface area contributed by atoms with Crippen molar-refractivity contribution in [2.24, 2.45) is 0 Å². The standard InChI is InChI=1S/C12H17NO2/c1-4-13-12(14)8-10-7-9(2)5-6-11(10)15-3/h5-7H,4,8H2,1-3H3,(H,13,14). The predicted octanol–water partition coefficient (Wildman–Crippen LogP) is 1.68. The molecule has 0 heterocycles. The molecule has 0 radical (unpaired) electrons. The maximum Gasteiger partial charge on any atom is 0.224 e. The molecule has 1 N–H and O–H groups in total. The Labute approximate surface area is 90.4 Å². The van der Waals surface area contributed by atoms with E-state index in [0.717, 1.165) is 16.9 Å². The lowest BCUT2D eigenvalue weighted by atomic mass is 10.1. The van der Waals surface area contributed by atoms with E-state index in [1.165, 1.54) is 0 Å². The Morgan fingerprint density at radius 1 is 1.47 bits per heavy atom. The van der Waals surface area contributed by atoms with Crippen LogP contribution in [0.4, 0.5) is 0 Å². The fourth-order valence-corrected chi connectivity index (χ4v) is 1.48. The summed E-state index contributed by atoms with van der Waals surface area (Å²) in [5.74, 6) is 0.799. The molecule has 15 heavy (non-hydrogen) atoms. The molecular formula is C12H17NO2. The van der Waals surface area contributed by atoms with Gasteiger partial charge in [0, 0.05) is 12.1 Å². The van der Waals surface area contributed by atoms with Gasteiger partial charge in [-0.15, -0.1) is 0 Å². The zero-order valence-corrected chi connectivity index (χ0v) is 9.46. The maximum absolute atomic E-state index is 11.4. The number of carbonyl (C=O) groups is 1. The van der Waals surface area contributed by atoms with Gasteiger partial charge in [0.2, 0.25) is 5.91 Å². The number of amides is 1. The minimum atomic E-state index is 0.0291. The number of ether oxygens (including phenoxy) is 1. The molecule has 0 bridgehead atoms. The van der Waals surface area contributed by atoms with E-state index in [-0.39, 0.29) is 5.91 Å². The van der Waals surface area contributed by atoms with Crippen molar-refractivity contribution in [1.82, 2.24) is 5.32 Å². The molecule has 0 fully saturated rings. The van der Waals surface area contributed by atoms with E-state index in [0.29, 0.717) is 13.0 Å². The van der Waals surface area contributed by atoms with Crippen LogP contribution in [0, 0.1) is 6.92 Å². The van der Waals surface area contributed by atoms with Gasteiger partial charge in [-0.2, -0.15) is 0 Å². The predicted molar refractivity (Wildman–Crippen MR) is 60.1 cm³/mol. The first-order valence-corrected chi connectivity index (χ1v) is 5.07. The summed E-state index contributed by atoms with van der Waals surface area (Å²) in [6.45, 7) is 4.57. The third kappa shape index (κ3) is 3.27. The van der Waals surface area contributed by atoms with Crippen LogP contribution in [0.15, 0.2) is 18.2 Å². The number of likely N-dealkylation sites (N-methyl/N-ethyl adjacent to an activating group) is 1. The molecule has 0 aliphatic heterocycles. The molecule has 1 rings (SSSR count). The Hall–Kier alpha value is -1.51. The molecule has 1 amide bonds. The molecule has 1 aromatic carbocycles. The number of aryl methyl sites for hydroxylation is 1. The summed E-state index contributed by atoms with van der Waals surface area (Å²) >= 11 is 0. The largest absolute Gasteiger partial charge is 0.496 e. The number of methoxy groups -OCH3 is 1. The third-order valence-electron chi connectivity index (χ3n) is 2.16. The number of carbonyl (C=O) groups excluding carboxylic acids is 1. The van der Waals surface area contributed by atoms with E-state index >= 15 is 0 Å². The Balaban J connectivity index is 2.82. The normalized spacial score (nSPS) is 9.80. The van der Waals surface area contributed by atoms with E-state index in [1.807, 2.05) is 32.0 Å². The highest BCUT2D eigenvalue weighted by molar-refractivity contribution is 5.79. The SMILES string of the molecule is CCNC(=O)Cc1cc(C)ccc1OC. The zero-order valence-electron chi connectivity index (χ0n) is 9.46. The zero-order chi connectivity index (χ0) is 11.3. The quantitative estimate of drug-likeness (QED) is 0.815. The van der Waals surface area contributed by atoms with Gasteiger partial charge in [0.05, 0.1) is 13.5 Å². The molecule has 0 saturated heterocycles. The molecule has 0 unspecified atom stereocenters. The maximum atomic E-state index is 11.4. The highest BCUT2D eigenvalue weighted by Crippen LogP contribution is 2.19. The molecule has 0 aromatic heterocycles. The smallest absolute Gasteiger partial charge is 0.224 e. The lowest BCUT2D eigenvalue weighted by Gasteiger charge is -2.09. The third-order valence-corrected chi connectivity index (χ3v) is 2.16. The van der Waals surface area contributed by atoms with E-state index in [4.69, 9.17) is 4.74 Å². The van der Waals surface area contributed by atoms with Gasteiger partial charge in [0.1, 0.15) is 5.75 Å². The van der Waals surface area contributed by atoms with Gasteiger partial charge in [0.25, 0.3) is 0 Å². The average molecular weight is 207 g/mol. The van der Waals surface area contributed by atoms with Crippen LogP contribution in [0.1, 0.15) is 18.1 Å². The van der Waals surface area contributed by atoms with Crippen LogP contribution >= 0.6 is 0 Å². The fraction of sp³-hybridized carbons (Fsp3) is 0.417. The van der Waals surface area contributed by atoms with E-state index in [2.05, 4.69) is 5.32 Å². The van der Waals surface area contributed by atoms with Crippen LogP contribution in [-0.4, -0.2) is 19.6 Å². The van der Waals surface area contributed by atoms with Crippen molar-refractivity contribution in [3.8, 4) is 5.75 Å². The van der Waals surface area contributed by atoms with Crippen molar-refractivity contribution < 1.29 is 9.53 Å². The molecule has 3 heteroatoms. The summed E-state index contributed by atoms with van der Waals surface area (Å²) in [6, 6.07) is 5.85. The molecular weight excluding hydrogens is 190 g/mol. The van der Waals surface area contributed by atoms with Crippen molar-refractivity contribution >= 4 is 5.91 Å². The van der Waals surface area contributed by atoms with Crippen LogP contribution in [0.3, 0.4) is 0 Å². The topological polar surface area (TPSA) is 38.3 Å². The summed E-state index contributed by atoms with van der Waals surface area (Å²) in [6.07, 6.45) is 0.374. The number of hydrogen-bond acceptors (Lipinski definition) is 2. The molecule has 0 aliphatic rings. The van der Waals surface area contributed by atoms with Crippen LogP contribution in [0.2, 0.25) is 0 Å². The number of nitrogens with one attached hydrogen (secondary N) is 1. The lowest BCUT2D eigenvalue weighted by Crippen LogP contribution is -2.24. The summed E-state index contributed by atoms with van der Waals surface area (Å²) in [4.78, 5) is 11.4. The minimum Gasteiger partial charge on any atom is -0.496 e. The first-order chi connectivity index (χ1) is 7.17. The number of rotatable bonds is 4. The molecule has 82 valence electrons. The van der Waals surface area contributed by atoms with Gasteiger partial charge in [-0.3, -0.25) is 4.79 Å². The molecule has 0 spiro atoms. The van der Waals surface area contributed by atoms with Crippen molar-refractivity contribution in [2.45, 2.75) is 20.3 Å². The van der Waals surface area contributed by atoms with Crippen molar-refractivity contribution in [3.63, 3.8) is 0 Å². The average Bonchev–Trinajstić information content (AvgIpc) is 2.18. The lowest BCUT2D eigenvalue weighted by molar-refractivity contribution is -0.120. The molecule has 0 atom stereocenters. The van der Waals surface area contributed by atoms with Crippen LogP contribution in [-0.2, 0) is 11.2 Å². The van der Waals surface area contributed by atoms with Gasteiger partial charge >= 0.3 is 0 Å². The van der Waals surface area contributed by atoms with E-state index < -0.39 is 0 Å². The first kappa shape index (κ1) is 11.6. The van der Waals surface area contributed by atoms with Gasteiger partial charge in [-0.25, -0.2) is 0 Å². The Morgan fingerprint density at radius 3 is 2.80 bits per heavy atom. The van der Waals surface area contributed by atoms with Gasteiger partial charge in [0.15, 0.2) is 0 Å². The van der Waals surface area contributed by atoms with Crippen LogP contribution < -0.4 is 10.1 Å². The van der Waals surface area contributed by atoms with Gasteiger partial charge in [-0.1, -0.05) is 17.7 Å². The summed E-state index contributed by atoms with van der Waals surface area (Å²) < 4.78 is 5.20. The monoisotopic (exact) mass is 207 g/mol. The molecule has 1 aromatic rings. The van der Waals surface area contributed by atoms with Gasteiger partial charge < -0.3 is 10.1 Å².